The fourth-order valence-corrected chi connectivity index (χ4v) is 1.29. The van der Waals surface area contributed by atoms with Crippen LogP contribution in [-0.4, -0.2) is 22.6 Å². The van der Waals surface area contributed by atoms with E-state index in [0.717, 1.165) is 5.69 Å². The lowest BCUT2D eigenvalue weighted by molar-refractivity contribution is -0.141. The highest BCUT2D eigenvalue weighted by Crippen LogP contribution is 2.09. The van der Waals surface area contributed by atoms with Gasteiger partial charge in [0.05, 0.1) is 5.92 Å². The molecule has 4 heteroatoms. The van der Waals surface area contributed by atoms with Crippen molar-refractivity contribution in [2.45, 2.75) is 12.8 Å². The maximum absolute atomic E-state index is 10.8. The topological polar surface area (TPSA) is 76.2 Å². The number of aromatic nitrogens is 1. The van der Waals surface area contributed by atoms with E-state index in [1.165, 1.54) is 0 Å². The molecule has 0 saturated heterocycles. The molecule has 0 spiro atoms. The molecule has 0 saturated carbocycles. The third-order valence-corrected chi connectivity index (χ3v) is 2.05. The molecule has 1 aromatic heterocycles. The van der Waals surface area contributed by atoms with Crippen LogP contribution in [0.15, 0.2) is 24.4 Å². The molecule has 1 aromatic rings. The van der Waals surface area contributed by atoms with Gasteiger partial charge in [0.2, 0.25) is 0 Å². The van der Waals surface area contributed by atoms with Crippen LogP contribution in [0.1, 0.15) is 12.1 Å². The smallest absolute Gasteiger partial charge is 0.306 e. The van der Waals surface area contributed by atoms with Crippen LogP contribution in [0.2, 0.25) is 0 Å². The Morgan fingerprint density at radius 3 is 2.86 bits per heavy atom. The summed E-state index contributed by atoms with van der Waals surface area (Å²) in [4.78, 5) is 14.9. The number of carbonyl (C=O) groups is 1. The van der Waals surface area contributed by atoms with Gasteiger partial charge < -0.3 is 10.8 Å². The van der Waals surface area contributed by atoms with Crippen LogP contribution in [0.25, 0.3) is 0 Å². The van der Waals surface area contributed by atoms with Crippen LogP contribution in [-0.2, 0) is 11.2 Å². The molecular formula is C10H14N2O2. The van der Waals surface area contributed by atoms with E-state index in [1.807, 2.05) is 18.2 Å². The van der Waals surface area contributed by atoms with E-state index in [9.17, 15) is 4.79 Å². The fraction of sp³-hybridized carbons (Fsp3) is 0.400. The highest BCUT2D eigenvalue weighted by molar-refractivity contribution is 5.70. The Morgan fingerprint density at radius 1 is 1.57 bits per heavy atom. The zero-order chi connectivity index (χ0) is 10.4. The molecule has 4 nitrogen and oxygen atoms in total. The number of rotatable bonds is 5. The van der Waals surface area contributed by atoms with Crippen molar-refractivity contribution < 1.29 is 9.90 Å². The largest absolute Gasteiger partial charge is 0.481 e. The average Bonchev–Trinajstić information content (AvgIpc) is 2.18. The molecule has 1 atom stereocenters. The Hall–Kier alpha value is -1.42. The van der Waals surface area contributed by atoms with Crippen LogP contribution in [0.5, 0.6) is 0 Å². The van der Waals surface area contributed by atoms with Crippen molar-refractivity contribution in [1.29, 1.82) is 0 Å². The van der Waals surface area contributed by atoms with Crippen LogP contribution in [0.3, 0.4) is 0 Å². The van der Waals surface area contributed by atoms with Gasteiger partial charge in [-0.2, -0.15) is 0 Å². The molecule has 0 radical (unpaired) electrons. The summed E-state index contributed by atoms with van der Waals surface area (Å²) in [6, 6.07) is 5.48. The van der Waals surface area contributed by atoms with Crippen LogP contribution in [0, 0.1) is 5.92 Å². The van der Waals surface area contributed by atoms with E-state index in [4.69, 9.17) is 10.8 Å². The minimum absolute atomic E-state index is 0.393. The number of carboxylic acids is 1. The zero-order valence-corrected chi connectivity index (χ0v) is 7.89. The summed E-state index contributed by atoms with van der Waals surface area (Å²) in [5.74, 6) is -1.23. The minimum Gasteiger partial charge on any atom is -0.481 e. The molecule has 0 aromatic carbocycles. The average molecular weight is 194 g/mol. The number of hydrogen-bond acceptors (Lipinski definition) is 3. The summed E-state index contributed by atoms with van der Waals surface area (Å²) in [5.41, 5.74) is 6.14. The van der Waals surface area contributed by atoms with Gasteiger partial charge in [-0.1, -0.05) is 6.07 Å². The van der Waals surface area contributed by atoms with Gasteiger partial charge in [0.15, 0.2) is 0 Å². The number of nitrogens with two attached hydrogens (primary N) is 1. The molecule has 1 rings (SSSR count). The lowest BCUT2D eigenvalue weighted by Gasteiger charge is -2.09. The lowest BCUT2D eigenvalue weighted by atomic mass is 9.99. The van der Waals surface area contributed by atoms with Crippen molar-refractivity contribution in [3.63, 3.8) is 0 Å². The third-order valence-electron chi connectivity index (χ3n) is 2.05. The van der Waals surface area contributed by atoms with E-state index in [-0.39, 0.29) is 0 Å². The molecule has 1 unspecified atom stereocenters. The minimum atomic E-state index is -0.805. The Balaban J connectivity index is 2.60. The van der Waals surface area contributed by atoms with Gasteiger partial charge in [0.25, 0.3) is 0 Å². The normalized spacial score (nSPS) is 12.4. The van der Waals surface area contributed by atoms with Crippen molar-refractivity contribution in [3.05, 3.63) is 30.1 Å². The summed E-state index contributed by atoms with van der Waals surface area (Å²) >= 11 is 0. The second kappa shape index (κ2) is 5.34. The van der Waals surface area contributed by atoms with E-state index in [2.05, 4.69) is 4.98 Å². The number of pyridine rings is 1. The van der Waals surface area contributed by atoms with Gasteiger partial charge in [0, 0.05) is 18.3 Å². The fourth-order valence-electron chi connectivity index (χ4n) is 1.29. The van der Waals surface area contributed by atoms with Gasteiger partial charge in [-0.15, -0.1) is 0 Å². The Labute approximate surface area is 82.8 Å². The second-order valence-corrected chi connectivity index (χ2v) is 3.14. The molecule has 0 aliphatic rings. The maximum atomic E-state index is 10.8. The number of hydrogen-bond donors (Lipinski definition) is 2. The van der Waals surface area contributed by atoms with Crippen molar-refractivity contribution >= 4 is 5.97 Å². The van der Waals surface area contributed by atoms with Gasteiger partial charge in [-0.05, 0) is 25.1 Å². The molecule has 0 bridgehead atoms. The molecule has 14 heavy (non-hydrogen) atoms. The van der Waals surface area contributed by atoms with Crippen molar-refractivity contribution in [2.24, 2.45) is 11.7 Å². The first kappa shape index (κ1) is 10.7. The Bertz CT molecular complexity index is 287. The van der Waals surface area contributed by atoms with Crippen LogP contribution >= 0.6 is 0 Å². The SMILES string of the molecule is NCCC(Cc1ccccn1)C(=O)O. The van der Waals surface area contributed by atoms with Crippen molar-refractivity contribution in [3.8, 4) is 0 Å². The first-order valence-electron chi connectivity index (χ1n) is 4.57. The molecule has 76 valence electrons. The van der Waals surface area contributed by atoms with Crippen LogP contribution < -0.4 is 5.73 Å². The first-order chi connectivity index (χ1) is 6.74. The van der Waals surface area contributed by atoms with Gasteiger partial charge in [-0.25, -0.2) is 0 Å². The molecular weight excluding hydrogens is 180 g/mol. The van der Waals surface area contributed by atoms with Crippen molar-refractivity contribution in [1.82, 2.24) is 4.98 Å². The predicted octanol–water partition coefficient (Wildman–Crippen LogP) is 0.674. The Morgan fingerprint density at radius 2 is 2.36 bits per heavy atom. The van der Waals surface area contributed by atoms with Gasteiger partial charge in [0.1, 0.15) is 0 Å². The molecule has 1 heterocycles. The molecule has 3 N–H and O–H groups in total. The standard InChI is InChI=1S/C10H14N2O2/c11-5-4-8(10(13)14)7-9-3-1-2-6-12-9/h1-3,6,8H,4-5,7,11H2,(H,13,14). The molecule has 0 amide bonds. The summed E-state index contributed by atoms with van der Waals surface area (Å²) in [6.45, 7) is 0.393. The first-order valence-corrected chi connectivity index (χ1v) is 4.57. The van der Waals surface area contributed by atoms with Crippen LogP contribution in [0.4, 0.5) is 0 Å². The lowest BCUT2D eigenvalue weighted by Crippen LogP contribution is -2.20. The van der Waals surface area contributed by atoms with E-state index in [1.54, 1.807) is 6.20 Å². The van der Waals surface area contributed by atoms with Crippen molar-refractivity contribution in [2.75, 3.05) is 6.54 Å². The third kappa shape index (κ3) is 3.14. The molecule has 0 aliphatic heterocycles. The number of aliphatic carboxylic acids is 1. The molecule has 0 aliphatic carbocycles. The van der Waals surface area contributed by atoms with E-state index >= 15 is 0 Å². The summed E-state index contributed by atoms with van der Waals surface area (Å²) < 4.78 is 0. The van der Waals surface area contributed by atoms with E-state index in [0.29, 0.717) is 19.4 Å². The van der Waals surface area contributed by atoms with Gasteiger partial charge >= 0.3 is 5.97 Å². The summed E-state index contributed by atoms with van der Waals surface area (Å²) in [6.07, 6.45) is 2.61. The number of carboxylic acid groups (broad SMARTS) is 1. The highest BCUT2D eigenvalue weighted by atomic mass is 16.4. The summed E-state index contributed by atoms with van der Waals surface area (Å²) in [7, 11) is 0. The maximum Gasteiger partial charge on any atom is 0.306 e. The summed E-state index contributed by atoms with van der Waals surface area (Å²) in [5, 5.41) is 8.88. The highest BCUT2D eigenvalue weighted by Gasteiger charge is 2.17. The van der Waals surface area contributed by atoms with E-state index < -0.39 is 11.9 Å². The quantitative estimate of drug-likeness (QED) is 0.722. The van der Waals surface area contributed by atoms with Gasteiger partial charge in [-0.3, -0.25) is 9.78 Å². The predicted molar refractivity (Wildman–Crippen MR) is 52.7 cm³/mol. The molecule has 0 fully saturated rings. The zero-order valence-electron chi connectivity index (χ0n) is 7.89. The second-order valence-electron chi connectivity index (χ2n) is 3.14. The number of nitrogens with zero attached hydrogens (tertiary/aromatic N) is 1. The monoisotopic (exact) mass is 194 g/mol. The Kier molecular flexibility index (Phi) is 4.07.